The van der Waals surface area contributed by atoms with Crippen LogP contribution in [0.15, 0.2) is 41.1 Å². The molecule has 1 aliphatic rings. The monoisotopic (exact) mass is 294 g/mol. The number of rotatable bonds is 4. The number of nitrogens with one attached hydrogen (secondary N) is 1. The molecule has 0 fully saturated rings. The van der Waals surface area contributed by atoms with E-state index in [4.69, 9.17) is 0 Å². The van der Waals surface area contributed by atoms with Crippen LogP contribution in [0.25, 0.3) is 0 Å². The predicted molar refractivity (Wildman–Crippen MR) is 71.2 cm³/mol. The number of hydrogen-bond donors (Lipinski definition) is 2. The maximum atomic E-state index is 12.1. The van der Waals surface area contributed by atoms with Gasteiger partial charge in [0.2, 0.25) is 10.0 Å². The summed E-state index contributed by atoms with van der Waals surface area (Å²) in [5.41, 5.74) is 2.12. The molecule has 7 heteroatoms. The van der Waals surface area contributed by atoms with Crippen LogP contribution in [0.2, 0.25) is 0 Å². The standard InChI is InChI=1S/C13H14N2O4S/c16-12-7-9-3-1-2-4-11(9)13(12)15-20(17,18)8-10-5-6-19-14-10/h1-6,12-13,15-16H,7-8H2/t12-,13+/m1/s1. The van der Waals surface area contributed by atoms with Gasteiger partial charge in [0.25, 0.3) is 0 Å². The maximum Gasteiger partial charge on any atom is 0.218 e. The van der Waals surface area contributed by atoms with Crippen LogP contribution in [0.5, 0.6) is 0 Å². The molecule has 0 bridgehead atoms. The molecule has 0 saturated heterocycles. The lowest BCUT2D eigenvalue weighted by Gasteiger charge is -2.17. The lowest BCUT2D eigenvalue weighted by atomic mass is 10.1. The van der Waals surface area contributed by atoms with E-state index >= 15 is 0 Å². The zero-order valence-corrected chi connectivity index (χ0v) is 11.4. The summed E-state index contributed by atoms with van der Waals surface area (Å²) in [6.45, 7) is 0. The predicted octanol–water partition coefficient (Wildman–Crippen LogP) is 0.752. The van der Waals surface area contributed by atoms with Crippen LogP contribution >= 0.6 is 0 Å². The summed E-state index contributed by atoms with van der Waals surface area (Å²) < 4.78 is 31.4. The van der Waals surface area contributed by atoms with Crippen LogP contribution in [-0.2, 0) is 22.2 Å². The van der Waals surface area contributed by atoms with E-state index in [0.29, 0.717) is 12.1 Å². The Morgan fingerprint density at radius 2 is 2.15 bits per heavy atom. The van der Waals surface area contributed by atoms with E-state index in [9.17, 15) is 13.5 Å². The van der Waals surface area contributed by atoms with E-state index < -0.39 is 22.2 Å². The molecule has 1 aromatic carbocycles. The first kappa shape index (κ1) is 13.3. The van der Waals surface area contributed by atoms with Crippen molar-refractivity contribution in [3.05, 3.63) is 53.4 Å². The highest BCUT2D eigenvalue weighted by atomic mass is 32.2. The first-order valence-electron chi connectivity index (χ1n) is 6.20. The van der Waals surface area contributed by atoms with Crippen molar-refractivity contribution in [2.24, 2.45) is 0 Å². The molecule has 2 aromatic rings. The summed E-state index contributed by atoms with van der Waals surface area (Å²) in [5.74, 6) is -0.269. The Balaban J connectivity index is 1.81. The van der Waals surface area contributed by atoms with Gasteiger partial charge < -0.3 is 9.63 Å². The lowest BCUT2D eigenvalue weighted by molar-refractivity contribution is 0.151. The Morgan fingerprint density at radius 1 is 1.35 bits per heavy atom. The number of aliphatic hydroxyl groups excluding tert-OH is 1. The van der Waals surface area contributed by atoms with Gasteiger partial charge in [-0.2, -0.15) is 0 Å². The molecule has 0 spiro atoms. The molecule has 0 radical (unpaired) electrons. The van der Waals surface area contributed by atoms with Crippen LogP contribution in [0.1, 0.15) is 22.9 Å². The quantitative estimate of drug-likeness (QED) is 0.868. The fourth-order valence-corrected chi connectivity index (χ4v) is 3.75. The minimum Gasteiger partial charge on any atom is -0.391 e. The first-order valence-corrected chi connectivity index (χ1v) is 7.85. The molecule has 3 rings (SSSR count). The molecule has 0 aliphatic heterocycles. The molecule has 20 heavy (non-hydrogen) atoms. The summed E-state index contributed by atoms with van der Waals surface area (Å²) in [5, 5.41) is 13.6. The molecule has 0 saturated carbocycles. The van der Waals surface area contributed by atoms with Crippen molar-refractivity contribution in [2.45, 2.75) is 24.3 Å². The highest BCUT2D eigenvalue weighted by molar-refractivity contribution is 7.88. The van der Waals surface area contributed by atoms with Crippen LogP contribution < -0.4 is 4.72 Å². The van der Waals surface area contributed by atoms with Gasteiger partial charge >= 0.3 is 0 Å². The number of benzene rings is 1. The molecule has 0 unspecified atom stereocenters. The smallest absolute Gasteiger partial charge is 0.218 e. The summed E-state index contributed by atoms with van der Waals surface area (Å²) in [6, 6.07) is 8.31. The molecule has 1 aromatic heterocycles. The van der Waals surface area contributed by atoms with Gasteiger partial charge in [0.1, 0.15) is 12.0 Å². The first-order chi connectivity index (χ1) is 9.55. The van der Waals surface area contributed by atoms with E-state index in [1.54, 1.807) is 0 Å². The number of hydrogen-bond acceptors (Lipinski definition) is 5. The van der Waals surface area contributed by atoms with E-state index in [0.717, 1.165) is 11.1 Å². The molecule has 6 nitrogen and oxygen atoms in total. The fourth-order valence-electron chi connectivity index (χ4n) is 2.46. The molecule has 0 amide bonds. The second-order valence-electron chi connectivity index (χ2n) is 4.82. The molecule has 2 N–H and O–H groups in total. The molecule has 1 aliphatic carbocycles. The summed E-state index contributed by atoms with van der Waals surface area (Å²) >= 11 is 0. The van der Waals surface area contributed by atoms with Crippen LogP contribution in [0.4, 0.5) is 0 Å². The van der Waals surface area contributed by atoms with E-state index in [2.05, 4.69) is 14.4 Å². The average molecular weight is 294 g/mol. The molecule has 106 valence electrons. The second kappa shape index (κ2) is 5.01. The van der Waals surface area contributed by atoms with Crippen LogP contribution in [0.3, 0.4) is 0 Å². The van der Waals surface area contributed by atoms with Gasteiger partial charge in [0.15, 0.2) is 0 Å². The number of sulfonamides is 1. The number of aromatic nitrogens is 1. The number of nitrogens with zero attached hydrogens (tertiary/aromatic N) is 1. The molecule has 1 heterocycles. The van der Waals surface area contributed by atoms with Gasteiger partial charge in [-0.25, -0.2) is 13.1 Å². The minimum atomic E-state index is -3.60. The van der Waals surface area contributed by atoms with Crippen molar-refractivity contribution >= 4 is 10.0 Å². The Bertz CT molecular complexity index is 697. The zero-order valence-electron chi connectivity index (χ0n) is 10.6. The van der Waals surface area contributed by atoms with Gasteiger partial charge in [-0.05, 0) is 11.1 Å². The normalized spacial score (nSPS) is 21.9. The lowest BCUT2D eigenvalue weighted by Crippen LogP contribution is -2.34. The maximum absolute atomic E-state index is 12.1. The topological polar surface area (TPSA) is 92.4 Å². The summed E-state index contributed by atoms with van der Waals surface area (Å²) in [4.78, 5) is 0. The van der Waals surface area contributed by atoms with Gasteiger partial charge in [-0.1, -0.05) is 29.4 Å². The highest BCUT2D eigenvalue weighted by Gasteiger charge is 2.33. The molecular formula is C13H14N2O4S. The van der Waals surface area contributed by atoms with E-state index in [-0.39, 0.29) is 5.75 Å². The van der Waals surface area contributed by atoms with Crippen LogP contribution in [0, 0.1) is 0 Å². The minimum absolute atomic E-state index is 0.269. The molecular weight excluding hydrogens is 280 g/mol. The number of fused-ring (bicyclic) bond motifs is 1. The van der Waals surface area contributed by atoms with E-state index in [1.807, 2.05) is 24.3 Å². The third-order valence-electron chi connectivity index (χ3n) is 3.34. The summed E-state index contributed by atoms with van der Waals surface area (Å²) in [7, 11) is -3.60. The average Bonchev–Trinajstić information content (AvgIpc) is 2.98. The van der Waals surface area contributed by atoms with Gasteiger partial charge in [-0.3, -0.25) is 0 Å². The Labute approximate surface area is 116 Å². The largest absolute Gasteiger partial charge is 0.391 e. The van der Waals surface area contributed by atoms with Gasteiger partial charge in [0, 0.05) is 12.5 Å². The fraction of sp³-hybridized carbons (Fsp3) is 0.308. The Hall–Kier alpha value is -1.70. The summed E-state index contributed by atoms with van der Waals surface area (Å²) in [6.07, 6.45) is 1.03. The SMILES string of the molecule is O=S(=O)(Cc1ccon1)N[C@H]1c2ccccc2C[C@H]1O. The number of aliphatic hydroxyl groups is 1. The van der Waals surface area contributed by atoms with Crippen molar-refractivity contribution in [1.29, 1.82) is 0 Å². The molecule has 2 atom stereocenters. The third kappa shape index (κ3) is 2.60. The van der Waals surface area contributed by atoms with Crippen molar-refractivity contribution < 1.29 is 18.0 Å². The zero-order chi connectivity index (χ0) is 14.2. The second-order valence-corrected chi connectivity index (χ2v) is 6.57. The van der Waals surface area contributed by atoms with Crippen LogP contribution in [-0.4, -0.2) is 24.8 Å². The van der Waals surface area contributed by atoms with Gasteiger partial charge in [-0.15, -0.1) is 0 Å². The van der Waals surface area contributed by atoms with E-state index in [1.165, 1.54) is 12.3 Å². The Morgan fingerprint density at radius 3 is 2.90 bits per heavy atom. The third-order valence-corrected chi connectivity index (χ3v) is 4.63. The Kier molecular flexibility index (Phi) is 3.33. The van der Waals surface area contributed by atoms with Crippen molar-refractivity contribution in [2.75, 3.05) is 0 Å². The van der Waals surface area contributed by atoms with Crippen molar-refractivity contribution in [1.82, 2.24) is 9.88 Å². The van der Waals surface area contributed by atoms with Crippen molar-refractivity contribution in [3.8, 4) is 0 Å². The van der Waals surface area contributed by atoms with Crippen molar-refractivity contribution in [3.63, 3.8) is 0 Å². The highest BCUT2D eigenvalue weighted by Crippen LogP contribution is 2.31. The van der Waals surface area contributed by atoms with Gasteiger partial charge in [0.05, 0.1) is 17.8 Å².